The van der Waals surface area contributed by atoms with Gasteiger partial charge in [-0.15, -0.1) is 0 Å². The molecule has 0 spiro atoms. The number of nitrogens with zero attached hydrogens (tertiary/aromatic N) is 3. The van der Waals surface area contributed by atoms with Crippen LogP contribution in [0.3, 0.4) is 0 Å². The van der Waals surface area contributed by atoms with Gasteiger partial charge in [0.2, 0.25) is 5.75 Å². The van der Waals surface area contributed by atoms with Gasteiger partial charge in [-0.3, -0.25) is 19.1 Å². The molecule has 0 saturated heterocycles. The van der Waals surface area contributed by atoms with Crippen molar-refractivity contribution in [2.45, 2.75) is 26.4 Å². The van der Waals surface area contributed by atoms with Crippen LogP contribution in [0.1, 0.15) is 34.4 Å². The summed E-state index contributed by atoms with van der Waals surface area (Å²) in [4.78, 5) is 32.5. The number of likely N-dealkylation sites (N-methyl/N-ethyl adjacent to an activating group) is 1. The Morgan fingerprint density at radius 3 is 2.49 bits per heavy atom. The number of carbonyl (C=O) groups excluding carboxylic acids is 1. The smallest absolute Gasteiger partial charge is 0.296 e. The lowest BCUT2D eigenvalue weighted by atomic mass is 10.1. The molecule has 3 aromatic rings. The Morgan fingerprint density at radius 1 is 1.11 bits per heavy atom. The van der Waals surface area contributed by atoms with Crippen LogP contribution < -0.4 is 10.9 Å². The van der Waals surface area contributed by atoms with E-state index >= 15 is 0 Å². The van der Waals surface area contributed by atoms with Gasteiger partial charge in [-0.1, -0.05) is 49.4 Å². The summed E-state index contributed by atoms with van der Waals surface area (Å²) in [7, 11) is 1.64. The number of hydrogen-bond donors (Lipinski definition) is 2. The molecular weight excluding hydrogens is 451 g/mol. The lowest BCUT2D eigenvalue weighted by Gasteiger charge is -2.22. The van der Waals surface area contributed by atoms with Crippen LogP contribution in [0.2, 0.25) is 0 Å². The maximum absolute atomic E-state index is 13.1. The first-order valence-electron chi connectivity index (χ1n) is 11.5. The van der Waals surface area contributed by atoms with Crippen molar-refractivity contribution in [1.82, 2.24) is 19.8 Å². The zero-order chi connectivity index (χ0) is 25.2. The highest BCUT2D eigenvalue weighted by Crippen LogP contribution is 2.14. The number of ether oxygens (including phenoxy) is 1. The molecule has 35 heavy (non-hydrogen) atoms. The molecule has 0 bridgehead atoms. The molecule has 8 nitrogen and oxygen atoms in total. The molecule has 9 heteroatoms. The van der Waals surface area contributed by atoms with E-state index in [9.17, 15) is 19.1 Å². The van der Waals surface area contributed by atoms with E-state index in [4.69, 9.17) is 4.74 Å². The van der Waals surface area contributed by atoms with Gasteiger partial charge in [0.15, 0.2) is 5.69 Å². The zero-order valence-corrected chi connectivity index (χ0v) is 20.0. The minimum absolute atomic E-state index is 0.0995. The normalized spacial score (nSPS) is 11.1. The van der Waals surface area contributed by atoms with E-state index in [1.54, 1.807) is 19.2 Å². The van der Waals surface area contributed by atoms with E-state index in [0.29, 0.717) is 44.0 Å². The second-order valence-electron chi connectivity index (χ2n) is 8.08. The summed E-state index contributed by atoms with van der Waals surface area (Å²) in [6.45, 7) is 5.02. The van der Waals surface area contributed by atoms with Crippen LogP contribution in [-0.2, 0) is 24.2 Å². The van der Waals surface area contributed by atoms with Crippen molar-refractivity contribution in [3.05, 3.63) is 93.4 Å². The summed E-state index contributed by atoms with van der Waals surface area (Å²) >= 11 is 0. The molecule has 0 radical (unpaired) electrons. The standard InChI is InChI=1S/C26H31FN4O4/c1-3-30(15-16-35-2)13-14-31-22(17-19-7-5-4-6-8-19)29-23(24(32)26(31)34)25(33)28-18-20-9-11-21(27)12-10-20/h4-12,32H,3,13-18H2,1-2H3,(H,28,33). The highest BCUT2D eigenvalue weighted by molar-refractivity contribution is 5.94. The molecule has 0 aliphatic carbocycles. The van der Waals surface area contributed by atoms with Crippen molar-refractivity contribution in [2.24, 2.45) is 0 Å². The third-order valence-corrected chi connectivity index (χ3v) is 5.71. The van der Waals surface area contributed by atoms with Crippen LogP contribution in [0.4, 0.5) is 4.39 Å². The number of hydrogen-bond acceptors (Lipinski definition) is 6. The lowest BCUT2D eigenvalue weighted by Crippen LogP contribution is -2.36. The second-order valence-corrected chi connectivity index (χ2v) is 8.08. The third kappa shape index (κ3) is 7.21. The Kier molecular flexibility index (Phi) is 9.51. The van der Waals surface area contributed by atoms with Gasteiger partial charge >= 0.3 is 0 Å². The van der Waals surface area contributed by atoms with E-state index in [1.165, 1.54) is 16.7 Å². The van der Waals surface area contributed by atoms with Crippen LogP contribution in [0, 0.1) is 5.82 Å². The molecule has 0 aliphatic rings. The molecule has 1 heterocycles. The fraction of sp³-hybridized carbons (Fsp3) is 0.346. The number of methoxy groups -OCH3 is 1. The van der Waals surface area contributed by atoms with Crippen LogP contribution in [0.25, 0.3) is 0 Å². The molecule has 3 rings (SSSR count). The highest BCUT2D eigenvalue weighted by Gasteiger charge is 2.22. The predicted octanol–water partition coefficient (Wildman–Crippen LogP) is 2.58. The minimum atomic E-state index is -0.696. The molecule has 2 N–H and O–H groups in total. The summed E-state index contributed by atoms with van der Waals surface area (Å²) in [6.07, 6.45) is 0.318. The first-order chi connectivity index (χ1) is 16.9. The highest BCUT2D eigenvalue weighted by atomic mass is 19.1. The number of amides is 1. The van der Waals surface area contributed by atoms with Gasteiger partial charge < -0.3 is 15.2 Å². The Morgan fingerprint density at radius 2 is 1.83 bits per heavy atom. The molecular formula is C26H31FN4O4. The van der Waals surface area contributed by atoms with E-state index in [0.717, 1.165) is 12.1 Å². The van der Waals surface area contributed by atoms with Gasteiger partial charge in [-0.25, -0.2) is 9.37 Å². The second kappa shape index (κ2) is 12.8. The van der Waals surface area contributed by atoms with Crippen LogP contribution in [0.5, 0.6) is 5.75 Å². The average Bonchev–Trinajstić information content (AvgIpc) is 2.87. The van der Waals surface area contributed by atoms with Crippen molar-refractivity contribution in [1.29, 1.82) is 0 Å². The fourth-order valence-corrected chi connectivity index (χ4v) is 3.65. The van der Waals surface area contributed by atoms with Gasteiger partial charge in [0, 0.05) is 39.7 Å². The molecule has 0 aliphatic heterocycles. The molecule has 186 valence electrons. The monoisotopic (exact) mass is 482 g/mol. The van der Waals surface area contributed by atoms with Crippen molar-refractivity contribution in [3.63, 3.8) is 0 Å². The van der Waals surface area contributed by atoms with Crippen LogP contribution in [0.15, 0.2) is 59.4 Å². The first-order valence-corrected chi connectivity index (χ1v) is 11.5. The Balaban J connectivity index is 1.88. The number of carbonyl (C=O) groups is 1. The van der Waals surface area contributed by atoms with E-state index < -0.39 is 17.2 Å². The first kappa shape index (κ1) is 26.1. The molecule has 0 saturated carbocycles. The summed E-state index contributed by atoms with van der Waals surface area (Å²) < 4.78 is 19.7. The Hall–Kier alpha value is -3.56. The predicted molar refractivity (Wildman–Crippen MR) is 131 cm³/mol. The van der Waals surface area contributed by atoms with Gasteiger partial charge in [-0.2, -0.15) is 0 Å². The third-order valence-electron chi connectivity index (χ3n) is 5.71. The number of halogens is 1. The summed E-state index contributed by atoms with van der Waals surface area (Å²) in [5.41, 5.74) is 0.600. The summed E-state index contributed by atoms with van der Waals surface area (Å²) in [6, 6.07) is 15.2. The average molecular weight is 483 g/mol. The van der Waals surface area contributed by atoms with Crippen molar-refractivity contribution in [2.75, 3.05) is 33.4 Å². The number of nitrogens with one attached hydrogen (secondary N) is 1. The molecule has 0 unspecified atom stereocenters. The number of aromatic hydroxyl groups is 1. The topological polar surface area (TPSA) is 96.7 Å². The van der Waals surface area contributed by atoms with E-state index in [1.807, 2.05) is 37.3 Å². The lowest BCUT2D eigenvalue weighted by molar-refractivity contribution is 0.0941. The van der Waals surface area contributed by atoms with Crippen molar-refractivity contribution in [3.8, 4) is 5.75 Å². The zero-order valence-electron chi connectivity index (χ0n) is 20.0. The van der Waals surface area contributed by atoms with E-state index in [-0.39, 0.29) is 18.1 Å². The molecule has 2 aromatic carbocycles. The van der Waals surface area contributed by atoms with Gasteiger partial charge in [0.1, 0.15) is 11.6 Å². The molecule has 0 atom stereocenters. The Labute approximate surface area is 204 Å². The quantitative estimate of drug-likeness (QED) is 0.412. The van der Waals surface area contributed by atoms with Gasteiger partial charge in [0.25, 0.3) is 11.5 Å². The Bertz CT molecular complexity index is 1170. The molecule has 0 fully saturated rings. The van der Waals surface area contributed by atoms with Crippen LogP contribution in [-0.4, -0.2) is 58.8 Å². The van der Waals surface area contributed by atoms with Crippen molar-refractivity contribution >= 4 is 5.91 Å². The number of aromatic nitrogens is 2. The number of rotatable bonds is 12. The largest absolute Gasteiger partial charge is 0.501 e. The fourth-order valence-electron chi connectivity index (χ4n) is 3.65. The van der Waals surface area contributed by atoms with Gasteiger partial charge in [-0.05, 0) is 29.8 Å². The maximum Gasteiger partial charge on any atom is 0.296 e. The summed E-state index contributed by atoms with van der Waals surface area (Å²) in [5, 5.41) is 13.2. The SMILES string of the molecule is CCN(CCOC)CCn1c(Cc2ccccc2)nc(C(=O)NCc2ccc(F)cc2)c(O)c1=O. The van der Waals surface area contributed by atoms with E-state index in [2.05, 4.69) is 15.2 Å². The molecule has 1 aromatic heterocycles. The van der Waals surface area contributed by atoms with Crippen LogP contribution >= 0.6 is 0 Å². The van der Waals surface area contributed by atoms with Crippen molar-refractivity contribution < 1.29 is 19.0 Å². The maximum atomic E-state index is 13.1. The minimum Gasteiger partial charge on any atom is -0.501 e. The molecule has 1 amide bonds. The number of benzene rings is 2. The van der Waals surface area contributed by atoms with Gasteiger partial charge in [0.05, 0.1) is 6.61 Å². The summed E-state index contributed by atoms with van der Waals surface area (Å²) in [5.74, 6) is -1.37.